The number of hydrogen-bond acceptors (Lipinski definition) is 2. The lowest BCUT2D eigenvalue weighted by Crippen LogP contribution is -2.11. The Morgan fingerprint density at radius 3 is 2.27 bits per heavy atom. The lowest BCUT2D eigenvalue weighted by Gasteiger charge is -2.21. The van der Waals surface area contributed by atoms with E-state index in [1.54, 1.807) is 12.1 Å². The van der Waals surface area contributed by atoms with Crippen molar-refractivity contribution >= 4 is 0 Å². The van der Waals surface area contributed by atoms with E-state index in [9.17, 15) is 18.3 Å². The molecule has 156 valence electrons. The molecule has 0 bridgehead atoms. The van der Waals surface area contributed by atoms with Crippen LogP contribution in [0.15, 0.2) is 54.6 Å². The van der Waals surface area contributed by atoms with Gasteiger partial charge >= 0.3 is 6.18 Å². The highest BCUT2D eigenvalue weighted by Gasteiger charge is 2.38. The fraction of sp³-hybridized carbons (Fsp3) is 0.280. The summed E-state index contributed by atoms with van der Waals surface area (Å²) in [7, 11) is 0. The maximum absolute atomic E-state index is 13.9. The van der Waals surface area contributed by atoms with Crippen LogP contribution in [0, 0.1) is 13.8 Å². The first-order chi connectivity index (χ1) is 14.3. The summed E-state index contributed by atoms with van der Waals surface area (Å²) in [6, 6.07) is 15.8. The molecular weight excluding hydrogens is 389 g/mol. The lowest BCUT2D eigenvalue weighted by atomic mass is 9.86. The third kappa shape index (κ3) is 3.82. The van der Waals surface area contributed by atoms with Crippen molar-refractivity contribution in [2.45, 2.75) is 45.6 Å². The fourth-order valence-electron chi connectivity index (χ4n) is 4.35. The smallest absolute Gasteiger partial charge is 0.417 e. The van der Waals surface area contributed by atoms with Crippen molar-refractivity contribution in [1.82, 2.24) is 0 Å². The summed E-state index contributed by atoms with van der Waals surface area (Å²) in [5, 5.41) is 10.2. The van der Waals surface area contributed by atoms with Crippen molar-refractivity contribution in [2.75, 3.05) is 0 Å². The molecule has 3 aromatic carbocycles. The first-order valence-electron chi connectivity index (χ1n) is 9.95. The minimum atomic E-state index is -4.47. The number of halogens is 3. The van der Waals surface area contributed by atoms with Crippen molar-refractivity contribution in [3.05, 3.63) is 88.0 Å². The number of ether oxygens (including phenoxy) is 1. The van der Waals surface area contributed by atoms with Gasteiger partial charge in [0.05, 0.1) is 11.7 Å². The minimum absolute atomic E-state index is 0.196. The molecule has 0 aliphatic heterocycles. The number of fused-ring (bicyclic) bond motifs is 1. The Labute approximate surface area is 173 Å². The predicted octanol–water partition coefficient (Wildman–Crippen LogP) is 6.55. The number of aliphatic hydroxyl groups is 1. The summed E-state index contributed by atoms with van der Waals surface area (Å²) in [6.07, 6.45) is -4.31. The highest BCUT2D eigenvalue weighted by atomic mass is 19.4. The molecule has 0 heterocycles. The second kappa shape index (κ2) is 7.80. The van der Waals surface area contributed by atoms with Gasteiger partial charge in [-0.3, -0.25) is 0 Å². The zero-order valence-electron chi connectivity index (χ0n) is 16.9. The van der Waals surface area contributed by atoms with Gasteiger partial charge < -0.3 is 9.84 Å². The quantitative estimate of drug-likeness (QED) is 0.527. The first-order valence-corrected chi connectivity index (χ1v) is 9.95. The zero-order chi connectivity index (χ0) is 21.5. The maximum atomic E-state index is 13.9. The van der Waals surface area contributed by atoms with Gasteiger partial charge in [0.1, 0.15) is 12.4 Å². The van der Waals surface area contributed by atoms with E-state index in [1.165, 1.54) is 6.07 Å². The molecule has 3 aromatic rings. The van der Waals surface area contributed by atoms with Crippen molar-refractivity contribution < 1.29 is 23.0 Å². The molecule has 0 radical (unpaired) electrons. The Kier molecular flexibility index (Phi) is 5.33. The molecule has 1 atom stereocenters. The standard InChI is InChI=1S/C25H23F3O2/c1-15-12-18(30-14-17-6-4-3-5-7-17)13-16(2)23(15)24-20-9-11-22(29)19(20)8-10-21(24)25(26,27)28/h3-8,10,12-13,22,29H,9,11,14H2,1-2H3. The van der Waals surface area contributed by atoms with E-state index < -0.39 is 17.8 Å². The van der Waals surface area contributed by atoms with E-state index in [1.807, 2.05) is 44.2 Å². The van der Waals surface area contributed by atoms with Crippen LogP contribution in [0.2, 0.25) is 0 Å². The SMILES string of the molecule is Cc1cc(OCc2ccccc2)cc(C)c1-c1c(C(F)(F)F)ccc2c1CCC2O. The van der Waals surface area contributed by atoms with Gasteiger partial charge in [0, 0.05) is 0 Å². The predicted molar refractivity (Wildman–Crippen MR) is 110 cm³/mol. The Morgan fingerprint density at radius 1 is 0.967 bits per heavy atom. The molecule has 1 N–H and O–H groups in total. The number of hydrogen-bond donors (Lipinski definition) is 1. The molecule has 1 unspecified atom stereocenters. The molecule has 30 heavy (non-hydrogen) atoms. The maximum Gasteiger partial charge on any atom is 0.417 e. The van der Waals surface area contributed by atoms with E-state index in [-0.39, 0.29) is 5.56 Å². The number of aryl methyl sites for hydroxylation is 2. The fourth-order valence-corrected chi connectivity index (χ4v) is 4.35. The molecule has 1 aliphatic rings. The number of rotatable bonds is 4. The summed E-state index contributed by atoms with van der Waals surface area (Å²) in [5.41, 5.74) is 3.77. The van der Waals surface area contributed by atoms with Crippen LogP contribution in [0.4, 0.5) is 13.2 Å². The van der Waals surface area contributed by atoms with Gasteiger partial charge in [-0.1, -0.05) is 36.4 Å². The second-order valence-corrected chi connectivity index (χ2v) is 7.81. The van der Waals surface area contributed by atoms with Crippen molar-refractivity contribution in [1.29, 1.82) is 0 Å². The first kappa shape index (κ1) is 20.5. The van der Waals surface area contributed by atoms with Crippen molar-refractivity contribution in [2.24, 2.45) is 0 Å². The summed E-state index contributed by atoms with van der Waals surface area (Å²) in [5.74, 6) is 0.624. The summed E-state index contributed by atoms with van der Waals surface area (Å²) >= 11 is 0. The van der Waals surface area contributed by atoms with Crippen molar-refractivity contribution in [3.8, 4) is 16.9 Å². The van der Waals surface area contributed by atoms with Crippen LogP contribution >= 0.6 is 0 Å². The number of aliphatic hydroxyl groups excluding tert-OH is 1. The van der Waals surface area contributed by atoms with Gasteiger partial charge in [-0.05, 0) is 83.8 Å². The average Bonchev–Trinajstić information content (AvgIpc) is 3.07. The Balaban J connectivity index is 1.78. The van der Waals surface area contributed by atoms with Crippen molar-refractivity contribution in [3.63, 3.8) is 0 Å². The molecule has 0 saturated heterocycles. The van der Waals surface area contributed by atoms with Gasteiger partial charge in [0.25, 0.3) is 0 Å². The highest BCUT2D eigenvalue weighted by Crippen LogP contribution is 2.47. The largest absolute Gasteiger partial charge is 0.489 e. The summed E-state index contributed by atoms with van der Waals surface area (Å²) in [6.45, 7) is 4.01. The minimum Gasteiger partial charge on any atom is -0.489 e. The molecule has 0 amide bonds. The Bertz CT molecular complexity index is 1050. The second-order valence-electron chi connectivity index (χ2n) is 7.81. The third-order valence-corrected chi connectivity index (χ3v) is 5.69. The van der Waals surface area contributed by atoms with Gasteiger partial charge in [0.15, 0.2) is 0 Å². The van der Waals surface area contributed by atoms with Crippen LogP contribution in [-0.2, 0) is 19.2 Å². The van der Waals surface area contributed by atoms with Crippen LogP contribution in [0.5, 0.6) is 5.75 Å². The average molecular weight is 412 g/mol. The topological polar surface area (TPSA) is 29.5 Å². The monoisotopic (exact) mass is 412 g/mol. The molecule has 2 nitrogen and oxygen atoms in total. The van der Waals surface area contributed by atoms with E-state index >= 15 is 0 Å². The van der Waals surface area contributed by atoms with E-state index in [4.69, 9.17) is 4.74 Å². The molecule has 5 heteroatoms. The van der Waals surface area contributed by atoms with Crippen LogP contribution in [0.1, 0.15) is 45.9 Å². The molecule has 0 saturated carbocycles. The Hall–Kier alpha value is -2.79. The lowest BCUT2D eigenvalue weighted by molar-refractivity contribution is -0.137. The van der Waals surface area contributed by atoms with E-state index in [0.717, 1.165) is 22.8 Å². The summed E-state index contributed by atoms with van der Waals surface area (Å²) < 4.78 is 47.5. The Morgan fingerprint density at radius 2 is 1.63 bits per heavy atom. The summed E-state index contributed by atoms with van der Waals surface area (Å²) in [4.78, 5) is 0. The molecule has 0 aromatic heterocycles. The van der Waals surface area contributed by atoms with Gasteiger partial charge in [0.2, 0.25) is 0 Å². The van der Waals surface area contributed by atoms with E-state index in [0.29, 0.717) is 41.9 Å². The van der Waals surface area contributed by atoms with Gasteiger partial charge in [-0.2, -0.15) is 13.2 Å². The van der Waals surface area contributed by atoms with Gasteiger partial charge in [-0.15, -0.1) is 0 Å². The molecule has 0 fully saturated rings. The normalized spacial score (nSPS) is 15.9. The van der Waals surface area contributed by atoms with Crippen LogP contribution in [0.25, 0.3) is 11.1 Å². The van der Waals surface area contributed by atoms with Crippen LogP contribution in [0.3, 0.4) is 0 Å². The van der Waals surface area contributed by atoms with Crippen LogP contribution in [-0.4, -0.2) is 5.11 Å². The van der Waals surface area contributed by atoms with Crippen LogP contribution < -0.4 is 4.74 Å². The number of alkyl halides is 3. The molecule has 1 aliphatic carbocycles. The molecule has 0 spiro atoms. The zero-order valence-corrected chi connectivity index (χ0v) is 16.9. The molecule has 4 rings (SSSR count). The third-order valence-electron chi connectivity index (χ3n) is 5.69. The van der Waals surface area contributed by atoms with E-state index in [2.05, 4.69) is 0 Å². The number of benzene rings is 3. The van der Waals surface area contributed by atoms with Gasteiger partial charge in [-0.25, -0.2) is 0 Å². The highest BCUT2D eigenvalue weighted by molar-refractivity contribution is 5.79. The molecular formula is C25H23F3O2.